The monoisotopic (exact) mass is 419 g/mol. The average Bonchev–Trinajstić information content (AvgIpc) is 2.56. The van der Waals surface area contributed by atoms with Gasteiger partial charge in [0, 0.05) is 13.1 Å². The van der Waals surface area contributed by atoms with Gasteiger partial charge >= 0.3 is 5.69 Å². The lowest BCUT2D eigenvalue weighted by atomic mass is 10.2. The number of benzene rings is 1. The van der Waals surface area contributed by atoms with Crippen LogP contribution < -0.4 is 21.4 Å². The van der Waals surface area contributed by atoms with Gasteiger partial charge in [0.05, 0.1) is 15.9 Å². The molecule has 1 unspecified atom stereocenters. The van der Waals surface area contributed by atoms with Crippen molar-refractivity contribution in [3.05, 3.63) is 38.0 Å². The zero-order chi connectivity index (χ0) is 20.7. The average molecular weight is 420 g/mol. The number of sulfonamides is 1. The van der Waals surface area contributed by atoms with Crippen molar-refractivity contribution < 1.29 is 13.5 Å². The lowest BCUT2D eigenvalue weighted by molar-refractivity contribution is -0.0246. The van der Waals surface area contributed by atoms with Crippen molar-refractivity contribution in [3.63, 3.8) is 0 Å². The Balaban J connectivity index is 3.13. The minimum atomic E-state index is -4.20. The van der Waals surface area contributed by atoms with E-state index >= 15 is 0 Å². The summed E-state index contributed by atoms with van der Waals surface area (Å²) < 4.78 is 25.4. The van der Waals surface area contributed by atoms with Gasteiger partial charge in [0.1, 0.15) is 4.90 Å². The summed E-state index contributed by atoms with van der Waals surface area (Å²) in [6, 6.07) is 2.16. The van der Waals surface area contributed by atoms with Crippen LogP contribution in [0.1, 0.15) is 20.2 Å². The van der Waals surface area contributed by atoms with E-state index < -0.39 is 32.5 Å². The molecule has 150 valence electrons. The lowest BCUT2D eigenvalue weighted by Crippen LogP contribution is -2.54. The van der Waals surface area contributed by atoms with Crippen molar-refractivity contribution in [2.45, 2.75) is 25.1 Å². The Morgan fingerprint density at radius 2 is 1.78 bits per heavy atom. The van der Waals surface area contributed by atoms with Crippen molar-refractivity contribution in [2.75, 3.05) is 32.2 Å². The number of hydrogen-bond donors (Lipinski definition) is 2. The largest absolute Gasteiger partial charge is 0.360 e. The smallest absolute Gasteiger partial charge is 0.353 e. The third-order valence-corrected chi connectivity index (χ3v) is 5.51. The maximum atomic E-state index is 13.0. The molecule has 0 saturated carbocycles. The molecule has 1 aromatic carbocycles. The van der Waals surface area contributed by atoms with Crippen molar-refractivity contribution in [1.29, 1.82) is 0 Å². The van der Waals surface area contributed by atoms with E-state index in [0.29, 0.717) is 13.1 Å². The Bertz CT molecular complexity index is 1090. The molecular weight excluding hydrogens is 398 g/mol. The molecule has 0 bridgehead atoms. The van der Waals surface area contributed by atoms with Crippen LogP contribution in [0, 0.1) is 0 Å². The number of aromatic nitrogens is 2. The van der Waals surface area contributed by atoms with Crippen LogP contribution in [0.4, 0.5) is 0 Å². The fourth-order valence-corrected chi connectivity index (χ4v) is 3.84. The Labute approximate surface area is 161 Å². The van der Waals surface area contributed by atoms with Crippen LogP contribution in [0.5, 0.6) is 0 Å². The summed E-state index contributed by atoms with van der Waals surface area (Å²) in [4.78, 5) is 26.9. The number of primary sulfonamides is 1. The van der Waals surface area contributed by atoms with Gasteiger partial charge in [-0.1, -0.05) is 11.6 Å². The summed E-state index contributed by atoms with van der Waals surface area (Å²) in [6.07, 6.45) is -1.42. The van der Waals surface area contributed by atoms with Crippen LogP contribution in [0.25, 0.3) is 10.9 Å². The maximum absolute atomic E-state index is 13.0. The molecular formula is C15H22ClN5O5S. The molecule has 0 radical (unpaired) electrons. The van der Waals surface area contributed by atoms with Crippen molar-refractivity contribution in [3.8, 4) is 0 Å². The maximum Gasteiger partial charge on any atom is 0.353 e. The first-order valence-electron chi connectivity index (χ1n) is 8.09. The van der Waals surface area contributed by atoms with Crippen LogP contribution in [-0.4, -0.2) is 54.9 Å². The fraction of sp³-hybridized carbons (Fsp3) is 0.467. The minimum absolute atomic E-state index is 0.00740. The number of hydrogen-bond acceptors (Lipinski definition) is 7. The van der Waals surface area contributed by atoms with Gasteiger partial charge in [-0.25, -0.2) is 18.4 Å². The molecule has 12 heteroatoms. The molecule has 0 aliphatic rings. The zero-order valence-electron chi connectivity index (χ0n) is 15.4. The Morgan fingerprint density at radius 3 is 2.22 bits per heavy atom. The molecule has 10 nitrogen and oxygen atoms in total. The van der Waals surface area contributed by atoms with Gasteiger partial charge in [-0.15, -0.1) is 0 Å². The topological polar surface area (TPSA) is 131 Å². The molecule has 0 aliphatic carbocycles. The first-order valence-corrected chi connectivity index (χ1v) is 10.0. The highest BCUT2D eigenvalue weighted by Gasteiger charge is 2.24. The van der Waals surface area contributed by atoms with Crippen LogP contribution in [-0.2, 0) is 10.0 Å². The molecule has 0 aliphatic heterocycles. The van der Waals surface area contributed by atoms with Gasteiger partial charge in [-0.05, 0) is 40.1 Å². The standard InChI is InChI=1S/C15H22ClN5O5S/c1-5-19(6-2)21-13(22)9-7-12(27(17,25)26)10(16)8-11(9)20(15(21)24)14(23)18(3)4/h7-8,14,23H,5-6H2,1-4H3,(H2,17,25,26). The number of nitrogens with two attached hydrogens (primary N) is 1. The first kappa shape index (κ1) is 21.4. The number of nitrogens with zero attached hydrogens (tertiary/aromatic N) is 4. The third-order valence-electron chi connectivity index (χ3n) is 4.13. The zero-order valence-corrected chi connectivity index (χ0v) is 17.0. The molecule has 3 N–H and O–H groups in total. The van der Waals surface area contributed by atoms with Gasteiger partial charge in [-0.3, -0.25) is 14.3 Å². The van der Waals surface area contributed by atoms with E-state index in [-0.39, 0.29) is 15.9 Å². The summed E-state index contributed by atoms with van der Waals surface area (Å²) in [5.74, 6) is 0. The number of rotatable bonds is 6. The Morgan fingerprint density at radius 1 is 1.22 bits per heavy atom. The van der Waals surface area contributed by atoms with Crippen LogP contribution in [0.3, 0.4) is 0 Å². The van der Waals surface area contributed by atoms with E-state index in [1.807, 2.05) is 0 Å². The summed E-state index contributed by atoms with van der Waals surface area (Å²) in [6.45, 7) is 4.18. The predicted octanol–water partition coefficient (Wildman–Crippen LogP) is -0.548. The highest BCUT2D eigenvalue weighted by atomic mass is 35.5. The predicted molar refractivity (Wildman–Crippen MR) is 103 cm³/mol. The molecule has 2 aromatic rings. The van der Waals surface area contributed by atoms with E-state index in [1.165, 1.54) is 24.0 Å². The van der Waals surface area contributed by atoms with Gasteiger partial charge < -0.3 is 10.1 Å². The molecule has 0 saturated heterocycles. The van der Waals surface area contributed by atoms with E-state index in [9.17, 15) is 23.1 Å². The van der Waals surface area contributed by atoms with E-state index in [2.05, 4.69) is 0 Å². The van der Waals surface area contributed by atoms with Crippen molar-refractivity contribution >= 4 is 32.5 Å². The highest BCUT2D eigenvalue weighted by molar-refractivity contribution is 7.89. The second kappa shape index (κ2) is 7.60. The summed E-state index contributed by atoms with van der Waals surface area (Å²) >= 11 is 6.02. The normalized spacial score (nSPS) is 13.3. The molecule has 1 aromatic heterocycles. The first-order chi connectivity index (χ1) is 12.4. The summed E-state index contributed by atoms with van der Waals surface area (Å²) in [5, 5.41) is 16.8. The third kappa shape index (κ3) is 3.73. The number of halogens is 1. The van der Waals surface area contributed by atoms with E-state index in [1.54, 1.807) is 13.8 Å². The number of aliphatic hydroxyl groups is 1. The van der Waals surface area contributed by atoms with E-state index in [4.69, 9.17) is 16.7 Å². The minimum Gasteiger partial charge on any atom is -0.360 e. The van der Waals surface area contributed by atoms with Gasteiger partial charge in [-0.2, -0.15) is 4.68 Å². The van der Waals surface area contributed by atoms with Gasteiger partial charge in [0.2, 0.25) is 10.0 Å². The fourth-order valence-electron chi connectivity index (χ4n) is 2.75. The second-order valence-corrected chi connectivity index (χ2v) is 8.00. The molecule has 1 atom stereocenters. The molecule has 0 amide bonds. The van der Waals surface area contributed by atoms with Crippen molar-refractivity contribution in [1.82, 2.24) is 14.1 Å². The molecule has 0 fully saturated rings. The Kier molecular flexibility index (Phi) is 6.02. The highest BCUT2D eigenvalue weighted by Crippen LogP contribution is 2.26. The molecule has 1 heterocycles. The van der Waals surface area contributed by atoms with Crippen LogP contribution >= 0.6 is 11.6 Å². The van der Waals surface area contributed by atoms with Crippen LogP contribution in [0.2, 0.25) is 5.02 Å². The second-order valence-electron chi connectivity index (χ2n) is 6.06. The lowest BCUT2D eigenvalue weighted by Gasteiger charge is -2.27. The SMILES string of the molecule is CCN(CC)n1c(=O)c2cc(S(N)(=O)=O)c(Cl)cc2n(C(O)N(C)C)c1=O. The summed E-state index contributed by atoms with van der Waals surface area (Å²) in [5.41, 5.74) is -1.52. The van der Waals surface area contributed by atoms with E-state index in [0.717, 1.165) is 21.4 Å². The van der Waals surface area contributed by atoms with Gasteiger partial charge in [0.15, 0.2) is 6.35 Å². The summed E-state index contributed by atoms with van der Waals surface area (Å²) in [7, 11) is -1.12. The van der Waals surface area contributed by atoms with Gasteiger partial charge in [0.25, 0.3) is 5.56 Å². The molecule has 27 heavy (non-hydrogen) atoms. The number of aliphatic hydroxyl groups excluding tert-OH is 1. The molecule has 2 rings (SSSR count). The molecule has 0 spiro atoms. The van der Waals surface area contributed by atoms with Crippen LogP contribution in [0.15, 0.2) is 26.6 Å². The Hall–Kier alpha value is -1.92. The number of fused-ring (bicyclic) bond motifs is 1. The van der Waals surface area contributed by atoms with Crippen molar-refractivity contribution in [2.24, 2.45) is 5.14 Å². The quantitative estimate of drug-likeness (QED) is 0.600.